The number of primary amides is 1. The van der Waals surface area contributed by atoms with Crippen LogP contribution in [0.2, 0.25) is 0 Å². The summed E-state index contributed by atoms with van der Waals surface area (Å²) < 4.78 is 30.1. The second-order valence-electron chi connectivity index (χ2n) is 8.62. The summed E-state index contributed by atoms with van der Waals surface area (Å²) in [4.78, 5) is 25.2. The van der Waals surface area contributed by atoms with Gasteiger partial charge in [0.1, 0.15) is 17.2 Å². The Morgan fingerprint density at radius 3 is 2.53 bits per heavy atom. The van der Waals surface area contributed by atoms with Crippen LogP contribution in [-0.2, 0) is 4.79 Å². The Bertz CT molecular complexity index is 1130. The van der Waals surface area contributed by atoms with E-state index < -0.39 is 11.6 Å². The average molecular weight is 444 g/mol. The summed E-state index contributed by atoms with van der Waals surface area (Å²) >= 11 is 0. The Kier molecular flexibility index (Phi) is 5.94. The van der Waals surface area contributed by atoms with Crippen molar-refractivity contribution in [2.75, 3.05) is 10.6 Å². The van der Waals surface area contributed by atoms with Crippen LogP contribution in [0.3, 0.4) is 0 Å². The molecule has 0 saturated heterocycles. The van der Waals surface area contributed by atoms with E-state index in [2.05, 4.69) is 25.6 Å². The van der Waals surface area contributed by atoms with Gasteiger partial charge in [0.15, 0.2) is 5.65 Å². The highest BCUT2D eigenvalue weighted by molar-refractivity contribution is 5.78. The monoisotopic (exact) mass is 443 g/mol. The van der Waals surface area contributed by atoms with Crippen molar-refractivity contribution in [1.82, 2.24) is 19.5 Å². The Morgan fingerprint density at radius 1 is 1.19 bits per heavy atom. The fourth-order valence-corrected chi connectivity index (χ4v) is 4.24. The van der Waals surface area contributed by atoms with Crippen molar-refractivity contribution in [1.29, 1.82) is 0 Å². The number of nitrogens with one attached hydrogen (secondary N) is 2. The summed E-state index contributed by atoms with van der Waals surface area (Å²) in [6, 6.07) is 2.23. The molecule has 1 aromatic carbocycles. The molecular weight excluding hydrogens is 416 g/mol. The molecule has 2 heterocycles. The molecule has 4 N–H and O–H groups in total. The fraction of sp³-hybridized carbons (Fsp3) is 0.455. The number of aryl methyl sites for hydroxylation is 1. The second-order valence-corrected chi connectivity index (χ2v) is 8.62. The first kappa shape index (κ1) is 21.9. The van der Waals surface area contributed by atoms with Gasteiger partial charge in [-0.05, 0) is 58.1 Å². The molecule has 10 heteroatoms. The van der Waals surface area contributed by atoms with Crippen molar-refractivity contribution in [3.63, 3.8) is 0 Å². The lowest BCUT2D eigenvalue weighted by Gasteiger charge is -2.29. The Morgan fingerprint density at radius 2 is 1.91 bits per heavy atom. The van der Waals surface area contributed by atoms with Crippen LogP contribution in [0, 0.1) is 24.5 Å². The predicted molar refractivity (Wildman–Crippen MR) is 119 cm³/mol. The van der Waals surface area contributed by atoms with Crippen LogP contribution < -0.4 is 16.4 Å². The lowest BCUT2D eigenvalue weighted by molar-refractivity contribution is -0.122. The maximum atomic E-state index is 14.5. The van der Waals surface area contributed by atoms with Crippen molar-refractivity contribution in [2.45, 2.75) is 58.5 Å². The minimum atomic E-state index is -0.702. The van der Waals surface area contributed by atoms with Crippen LogP contribution in [-0.4, -0.2) is 31.5 Å². The van der Waals surface area contributed by atoms with E-state index in [1.165, 1.54) is 6.07 Å². The van der Waals surface area contributed by atoms with Crippen molar-refractivity contribution in [2.24, 2.45) is 11.7 Å². The molecule has 1 fully saturated rings. The summed E-state index contributed by atoms with van der Waals surface area (Å²) in [6.07, 6.45) is 4.35. The fourth-order valence-electron chi connectivity index (χ4n) is 4.24. The molecule has 1 amide bonds. The third kappa shape index (κ3) is 4.35. The molecule has 1 saturated carbocycles. The number of rotatable bonds is 6. The van der Waals surface area contributed by atoms with Gasteiger partial charge in [-0.3, -0.25) is 9.36 Å². The zero-order chi connectivity index (χ0) is 23.0. The number of fused-ring (bicyclic) bond motifs is 1. The van der Waals surface area contributed by atoms with Crippen molar-refractivity contribution in [3.8, 4) is 0 Å². The van der Waals surface area contributed by atoms with Crippen molar-refractivity contribution in [3.05, 3.63) is 35.5 Å². The van der Waals surface area contributed by atoms with E-state index in [0.29, 0.717) is 54.3 Å². The largest absolute Gasteiger partial charge is 0.369 e. The van der Waals surface area contributed by atoms with Gasteiger partial charge in [0.2, 0.25) is 17.8 Å². The number of benzene rings is 1. The standard InChI is InChI=1S/C22H27F2N7O/c1-11(2)27-21-26-10-17-20(30-21)31(15-6-4-13(5-7-15)19(25)32)22(28-17)29-18-12(3)8-14(23)9-16(18)24/h8-11,13,15H,4-7H2,1-3H3,(H2,25,32)(H,28,29)(H,26,27,30). The maximum Gasteiger partial charge on any atom is 0.224 e. The highest BCUT2D eigenvalue weighted by Crippen LogP contribution is 2.37. The van der Waals surface area contributed by atoms with Gasteiger partial charge in [-0.1, -0.05) is 0 Å². The molecule has 170 valence electrons. The highest BCUT2D eigenvalue weighted by atomic mass is 19.1. The molecule has 3 aromatic rings. The van der Waals surface area contributed by atoms with Gasteiger partial charge in [-0.2, -0.15) is 4.98 Å². The first-order valence-corrected chi connectivity index (χ1v) is 10.8. The number of imidazole rings is 1. The average Bonchev–Trinajstić information content (AvgIpc) is 3.07. The number of hydrogen-bond acceptors (Lipinski definition) is 6. The lowest BCUT2D eigenvalue weighted by Crippen LogP contribution is -2.29. The molecule has 0 radical (unpaired) electrons. The summed E-state index contributed by atoms with van der Waals surface area (Å²) in [5, 5.41) is 6.23. The Labute approximate surface area is 184 Å². The SMILES string of the molecule is Cc1cc(F)cc(F)c1Nc1nc2cnc(NC(C)C)nc2n1C1CCC(C(N)=O)CC1. The molecule has 0 atom stereocenters. The van der Waals surface area contributed by atoms with Crippen LogP contribution in [0.5, 0.6) is 0 Å². The first-order valence-electron chi connectivity index (χ1n) is 10.8. The number of halogens is 2. The number of anilines is 3. The summed E-state index contributed by atoms with van der Waals surface area (Å²) in [7, 11) is 0. The van der Waals surface area contributed by atoms with Crippen LogP contribution in [0.1, 0.15) is 51.1 Å². The van der Waals surface area contributed by atoms with Gasteiger partial charge in [-0.25, -0.2) is 18.7 Å². The quantitative estimate of drug-likeness (QED) is 0.527. The van der Waals surface area contributed by atoms with Crippen LogP contribution in [0.4, 0.5) is 26.4 Å². The van der Waals surface area contributed by atoms with E-state index >= 15 is 0 Å². The van der Waals surface area contributed by atoms with Gasteiger partial charge >= 0.3 is 0 Å². The number of carbonyl (C=O) groups is 1. The van der Waals surface area contributed by atoms with E-state index in [9.17, 15) is 13.6 Å². The number of aromatic nitrogens is 4. The summed E-state index contributed by atoms with van der Waals surface area (Å²) in [5.74, 6) is -0.915. The predicted octanol–water partition coefficient (Wildman–Crippen LogP) is 4.19. The molecule has 8 nitrogen and oxygen atoms in total. The zero-order valence-corrected chi connectivity index (χ0v) is 18.3. The van der Waals surface area contributed by atoms with Gasteiger partial charge in [0, 0.05) is 24.1 Å². The van der Waals surface area contributed by atoms with Crippen LogP contribution >= 0.6 is 0 Å². The first-order chi connectivity index (χ1) is 15.2. The third-order valence-electron chi connectivity index (χ3n) is 5.80. The molecule has 1 aliphatic carbocycles. The smallest absolute Gasteiger partial charge is 0.224 e. The van der Waals surface area contributed by atoms with E-state index in [0.717, 1.165) is 6.07 Å². The zero-order valence-electron chi connectivity index (χ0n) is 18.3. The number of hydrogen-bond donors (Lipinski definition) is 3. The summed E-state index contributed by atoms with van der Waals surface area (Å²) in [6.45, 7) is 5.61. The molecule has 0 unspecified atom stereocenters. The Hall–Kier alpha value is -3.30. The van der Waals surface area contributed by atoms with Gasteiger partial charge < -0.3 is 16.4 Å². The Balaban J connectivity index is 1.78. The maximum absolute atomic E-state index is 14.5. The minimum absolute atomic E-state index is 0.0104. The number of amides is 1. The van der Waals surface area contributed by atoms with Crippen LogP contribution in [0.25, 0.3) is 11.2 Å². The summed E-state index contributed by atoms with van der Waals surface area (Å²) in [5.41, 5.74) is 7.23. The molecule has 0 spiro atoms. The molecule has 0 bridgehead atoms. The van der Waals surface area contributed by atoms with Gasteiger partial charge in [0.05, 0.1) is 11.9 Å². The minimum Gasteiger partial charge on any atom is -0.369 e. The molecule has 1 aliphatic rings. The number of nitrogens with zero attached hydrogens (tertiary/aromatic N) is 4. The van der Waals surface area contributed by atoms with Crippen molar-refractivity contribution < 1.29 is 13.6 Å². The second kappa shape index (κ2) is 8.68. The van der Waals surface area contributed by atoms with Gasteiger partial charge in [-0.15, -0.1) is 0 Å². The molecular formula is C22H27F2N7O. The molecule has 32 heavy (non-hydrogen) atoms. The van der Waals surface area contributed by atoms with Crippen LogP contribution in [0.15, 0.2) is 18.3 Å². The molecule has 2 aromatic heterocycles. The van der Waals surface area contributed by atoms with E-state index in [1.807, 2.05) is 18.4 Å². The third-order valence-corrected chi connectivity index (χ3v) is 5.80. The molecule has 0 aliphatic heterocycles. The van der Waals surface area contributed by atoms with E-state index in [-0.39, 0.29) is 29.6 Å². The van der Waals surface area contributed by atoms with Crippen molar-refractivity contribution >= 4 is 34.7 Å². The highest BCUT2D eigenvalue weighted by Gasteiger charge is 2.29. The lowest BCUT2D eigenvalue weighted by atomic mass is 9.85. The normalized spacial score (nSPS) is 18.8. The molecule has 4 rings (SSSR count). The van der Waals surface area contributed by atoms with E-state index in [1.54, 1.807) is 13.1 Å². The topological polar surface area (TPSA) is 111 Å². The van der Waals surface area contributed by atoms with E-state index in [4.69, 9.17) is 5.73 Å². The number of carbonyl (C=O) groups excluding carboxylic acids is 1. The van der Waals surface area contributed by atoms with Gasteiger partial charge in [0.25, 0.3) is 0 Å². The number of nitrogens with two attached hydrogens (primary N) is 1.